The fourth-order valence-corrected chi connectivity index (χ4v) is 2.97. The third-order valence-electron chi connectivity index (χ3n) is 4.04. The van der Waals surface area contributed by atoms with Gasteiger partial charge in [-0.3, -0.25) is 19.7 Å². The molecule has 0 spiro atoms. The number of carbonyl (C=O) groups is 2. The van der Waals surface area contributed by atoms with E-state index in [0.717, 1.165) is 0 Å². The van der Waals surface area contributed by atoms with Crippen molar-refractivity contribution in [1.82, 2.24) is 0 Å². The van der Waals surface area contributed by atoms with Crippen molar-refractivity contribution < 1.29 is 28.7 Å². The molecule has 0 bridgehead atoms. The molecule has 0 aliphatic rings. The molecule has 2 aromatic rings. The molecule has 0 saturated carbocycles. The molecule has 1 N–H and O–H groups in total. The molecule has 0 unspecified atom stereocenters. The summed E-state index contributed by atoms with van der Waals surface area (Å²) in [6.45, 7) is 1.33. The van der Waals surface area contributed by atoms with Crippen LogP contribution in [-0.4, -0.2) is 37.1 Å². The van der Waals surface area contributed by atoms with E-state index in [1.54, 1.807) is 25.1 Å². The minimum atomic E-state index is -0.587. The van der Waals surface area contributed by atoms with Crippen molar-refractivity contribution in [2.24, 2.45) is 0 Å². The highest BCUT2D eigenvalue weighted by molar-refractivity contribution is 6.35. The Labute approximate surface area is 188 Å². The van der Waals surface area contributed by atoms with Gasteiger partial charge in [0, 0.05) is 29.3 Å². The number of nitrogens with one attached hydrogen (secondary N) is 1. The second-order valence-corrected chi connectivity index (χ2v) is 7.18. The summed E-state index contributed by atoms with van der Waals surface area (Å²) in [7, 11) is 1.29. The summed E-state index contributed by atoms with van der Waals surface area (Å²) >= 11 is 11.8. The number of hydrogen-bond donors (Lipinski definition) is 1. The number of aryl methyl sites for hydroxylation is 1. The summed E-state index contributed by atoms with van der Waals surface area (Å²) in [5, 5.41) is 14.4. The summed E-state index contributed by atoms with van der Waals surface area (Å²) in [5.41, 5.74) is 0.563. The molecule has 166 valence electrons. The summed E-state index contributed by atoms with van der Waals surface area (Å²) in [6, 6.07) is 7.44. The molecule has 0 heterocycles. The molecule has 0 fully saturated rings. The molecule has 0 aliphatic heterocycles. The van der Waals surface area contributed by atoms with Crippen LogP contribution in [0.1, 0.15) is 18.4 Å². The van der Waals surface area contributed by atoms with Gasteiger partial charge in [-0.1, -0.05) is 23.2 Å². The first kappa shape index (κ1) is 24.2. The summed E-state index contributed by atoms with van der Waals surface area (Å²) in [6.07, 6.45) is 0.404. The Morgan fingerprint density at radius 1 is 1.16 bits per heavy atom. The fraction of sp³-hybridized carbons (Fsp3) is 0.300. The topological polar surface area (TPSA) is 117 Å². The Morgan fingerprint density at radius 2 is 1.90 bits per heavy atom. The minimum Gasteiger partial charge on any atom is -0.492 e. The van der Waals surface area contributed by atoms with Gasteiger partial charge in [0.15, 0.2) is 12.4 Å². The average molecular weight is 471 g/mol. The van der Waals surface area contributed by atoms with Crippen LogP contribution in [0.25, 0.3) is 0 Å². The van der Waals surface area contributed by atoms with Crippen molar-refractivity contribution in [3.05, 3.63) is 56.1 Å². The van der Waals surface area contributed by atoms with Crippen LogP contribution in [-0.2, 0) is 14.3 Å². The largest absolute Gasteiger partial charge is 0.492 e. The Balaban J connectivity index is 1.77. The third kappa shape index (κ3) is 7.30. The van der Waals surface area contributed by atoms with Crippen molar-refractivity contribution in [2.45, 2.75) is 19.8 Å². The van der Waals surface area contributed by atoms with Crippen LogP contribution in [0.2, 0.25) is 10.0 Å². The number of halogens is 2. The molecule has 0 aromatic heterocycles. The predicted molar refractivity (Wildman–Crippen MR) is 115 cm³/mol. The van der Waals surface area contributed by atoms with E-state index in [9.17, 15) is 19.7 Å². The first-order valence-corrected chi connectivity index (χ1v) is 9.83. The molecule has 0 atom stereocenters. The number of benzene rings is 2. The maximum Gasteiger partial charge on any atom is 0.311 e. The Bertz CT molecular complexity index is 982. The molecule has 31 heavy (non-hydrogen) atoms. The second-order valence-electron chi connectivity index (χ2n) is 6.33. The number of esters is 1. The van der Waals surface area contributed by atoms with Crippen molar-refractivity contribution in [2.75, 3.05) is 25.6 Å². The van der Waals surface area contributed by atoms with Gasteiger partial charge < -0.3 is 19.5 Å². The number of nitrogens with zero attached hydrogens (tertiary/aromatic N) is 1. The standard InChI is InChI=1S/C20H20Cl2N2O7/c1-12-8-16(24(27)28)18(29-2)10-15(12)23-19(25)11-31-20(26)4-3-7-30-17-6-5-13(21)9-14(17)22/h5-6,8-10H,3-4,7,11H2,1-2H3,(H,23,25). The van der Waals surface area contributed by atoms with Crippen LogP contribution in [0.3, 0.4) is 0 Å². The Hall–Kier alpha value is -3.04. The van der Waals surface area contributed by atoms with Gasteiger partial charge in [-0.15, -0.1) is 0 Å². The van der Waals surface area contributed by atoms with Gasteiger partial charge in [0.25, 0.3) is 5.91 Å². The van der Waals surface area contributed by atoms with Gasteiger partial charge in [-0.05, 0) is 37.1 Å². The normalized spacial score (nSPS) is 10.3. The van der Waals surface area contributed by atoms with Crippen molar-refractivity contribution in [3.8, 4) is 11.5 Å². The van der Waals surface area contributed by atoms with E-state index >= 15 is 0 Å². The zero-order valence-corrected chi connectivity index (χ0v) is 18.3. The number of methoxy groups -OCH3 is 1. The van der Waals surface area contributed by atoms with Gasteiger partial charge in [-0.25, -0.2) is 0 Å². The highest BCUT2D eigenvalue weighted by atomic mass is 35.5. The molecule has 0 aliphatic carbocycles. The first-order valence-electron chi connectivity index (χ1n) is 9.07. The quantitative estimate of drug-likeness (QED) is 0.234. The van der Waals surface area contributed by atoms with Crippen LogP contribution in [0.5, 0.6) is 11.5 Å². The number of carbonyl (C=O) groups excluding carboxylic acids is 2. The van der Waals surface area contributed by atoms with Gasteiger partial charge in [0.05, 0.1) is 23.7 Å². The van der Waals surface area contributed by atoms with E-state index < -0.39 is 23.4 Å². The average Bonchev–Trinajstić information content (AvgIpc) is 2.72. The van der Waals surface area contributed by atoms with Crippen LogP contribution >= 0.6 is 23.2 Å². The molecule has 0 radical (unpaired) electrons. The SMILES string of the molecule is COc1cc(NC(=O)COC(=O)CCCOc2ccc(Cl)cc2Cl)c(C)cc1[N+](=O)[O-]. The number of nitro groups is 1. The van der Waals surface area contributed by atoms with Gasteiger partial charge in [-0.2, -0.15) is 0 Å². The molecular weight excluding hydrogens is 451 g/mol. The fourth-order valence-electron chi connectivity index (χ4n) is 2.51. The summed E-state index contributed by atoms with van der Waals surface area (Å²) in [4.78, 5) is 34.3. The van der Waals surface area contributed by atoms with Crippen molar-refractivity contribution in [3.63, 3.8) is 0 Å². The van der Waals surface area contributed by atoms with E-state index in [1.807, 2.05) is 0 Å². The molecule has 2 aromatic carbocycles. The monoisotopic (exact) mass is 470 g/mol. The predicted octanol–water partition coefficient (Wildman–Crippen LogP) is 4.56. The van der Waals surface area contributed by atoms with E-state index in [-0.39, 0.29) is 24.5 Å². The number of hydrogen-bond acceptors (Lipinski definition) is 7. The van der Waals surface area contributed by atoms with Gasteiger partial charge >= 0.3 is 11.7 Å². The number of nitro benzene ring substituents is 1. The number of amides is 1. The first-order chi connectivity index (χ1) is 14.7. The highest BCUT2D eigenvalue weighted by Gasteiger charge is 2.18. The maximum atomic E-state index is 12.1. The maximum absolute atomic E-state index is 12.1. The van der Waals surface area contributed by atoms with E-state index in [0.29, 0.717) is 33.5 Å². The lowest BCUT2D eigenvalue weighted by molar-refractivity contribution is -0.385. The van der Waals surface area contributed by atoms with Crippen molar-refractivity contribution >= 4 is 46.5 Å². The lowest BCUT2D eigenvalue weighted by Gasteiger charge is -2.11. The highest BCUT2D eigenvalue weighted by Crippen LogP contribution is 2.32. The van der Waals surface area contributed by atoms with E-state index in [2.05, 4.69) is 5.32 Å². The molecule has 9 nitrogen and oxygen atoms in total. The molecule has 1 amide bonds. The second kappa shape index (κ2) is 11.4. The lowest BCUT2D eigenvalue weighted by atomic mass is 10.1. The smallest absolute Gasteiger partial charge is 0.311 e. The van der Waals surface area contributed by atoms with Gasteiger partial charge in [0.1, 0.15) is 5.75 Å². The minimum absolute atomic E-state index is 0.00341. The van der Waals surface area contributed by atoms with Crippen LogP contribution in [0.4, 0.5) is 11.4 Å². The Morgan fingerprint density at radius 3 is 2.55 bits per heavy atom. The Kier molecular flexibility index (Phi) is 8.89. The van der Waals surface area contributed by atoms with Crippen LogP contribution < -0.4 is 14.8 Å². The number of ether oxygens (including phenoxy) is 3. The van der Waals surface area contributed by atoms with E-state index in [1.165, 1.54) is 19.2 Å². The zero-order chi connectivity index (χ0) is 23.0. The van der Waals surface area contributed by atoms with E-state index in [4.69, 9.17) is 37.4 Å². The number of rotatable bonds is 10. The van der Waals surface area contributed by atoms with Crippen LogP contribution in [0, 0.1) is 17.0 Å². The van der Waals surface area contributed by atoms with Crippen molar-refractivity contribution in [1.29, 1.82) is 0 Å². The van der Waals surface area contributed by atoms with Crippen LogP contribution in [0.15, 0.2) is 30.3 Å². The zero-order valence-electron chi connectivity index (χ0n) is 16.8. The third-order valence-corrected chi connectivity index (χ3v) is 4.57. The summed E-state index contributed by atoms with van der Waals surface area (Å²) < 4.78 is 15.4. The number of anilines is 1. The lowest BCUT2D eigenvalue weighted by Crippen LogP contribution is -2.21. The molecule has 2 rings (SSSR count). The molecule has 11 heteroatoms. The summed E-state index contributed by atoms with van der Waals surface area (Å²) in [5.74, 6) is -0.702. The van der Waals surface area contributed by atoms with Gasteiger partial charge in [0.2, 0.25) is 0 Å². The molecule has 0 saturated heterocycles. The molecular formula is C20H20Cl2N2O7.